The third-order valence-corrected chi connectivity index (χ3v) is 5.95. The van der Waals surface area contributed by atoms with E-state index in [-0.39, 0.29) is 16.7 Å². The van der Waals surface area contributed by atoms with Crippen molar-refractivity contribution in [3.8, 4) is 5.75 Å². The Balaban J connectivity index is 1.68. The molecule has 0 N–H and O–H groups in total. The van der Waals surface area contributed by atoms with E-state index in [0.29, 0.717) is 24.3 Å². The van der Waals surface area contributed by atoms with Crippen LogP contribution in [-0.4, -0.2) is 6.61 Å². The van der Waals surface area contributed by atoms with Gasteiger partial charge in [-0.3, -0.25) is 0 Å². The van der Waals surface area contributed by atoms with Gasteiger partial charge in [0, 0.05) is 0 Å². The van der Waals surface area contributed by atoms with E-state index in [0.717, 1.165) is 18.8 Å². The van der Waals surface area contributed by atoms with Crippen LogP contribution in [0.5, 0.6) is 5.75 Å². The van der Waals surface area contributed by atoms with Crippen LogP contribution < -0.4 is 4.74 Å². The van der Waals surface area contributed by atoms with Gasteiger partial charge < -0.3 is 4.74 Å². The minimum Gasteiger partial charge on any atom is -0.490 e. The first-order valence-electron chi connectivity index (χ1n) is 10.3. The van der Waals surface area contributed by atoms with Crippen molar-refractivity contribution in [1.82, 2.24) is 0 Å². The summed E-state index contributed by atoms with van der Waals surface area (Å²) in [7, 11) is 0. The molecule has 1 aliphatic rings. The molecule has 1 aliphatic carbocycles. The molecule has 0 amide bonds. The summed E-state index contributed by atoms with van der Waals surface area (Å²) in [6.07, 6.45) is 8.77. The predicted molar refractivity (Wildman–Crippen MR) is 104 cm³/mol. The molecule has 0 unspecified atom stereocenters. The Labute approximate surface area is 159 Å². The molecule has 1 saturated carbocycles. The number of halogens is 3. The maximum Gasteiger partial charge on any atom is 0.175 e. The second-order valence-corrected chi connectivity index (χ2v) is 7.83. The number of unbranched alkanes of at least 4 members (excludes halogenated alkanes) is 1. The van der Waals surface area contributed by atoms with E-state index in [9.17, 15) is 13.2 Å². The van der Waals surface area contributed by atoms with Crippen molar-refractivity contribution in [2.45, 2.75) is 65.2 Å². The fourth-order valence-electron chi connectivity index (χ4n) is 4.17. The van der Waals surface area contributed by atoms with Crippen molar-refractivity contribution >= 4 is 10.8 Å². The highest BCUT2D eigenvalue weighted by Crippen LogP contribution is 2.34. The monoisotopic (exact) mass is 378 g/mol. The quantitative estimate of drug-likeness (QED) is 0.495. The maximum atomic E-state index is 14.8. The molecule has 0 saturated heterocycles. The number of fused-ring (bicyclic) bond motifs is 1. The largest absolute Gasteiger partial charge is 0.490 e. The van der Waals surface area contributed by atoms with Gasteiger partial charge in [0.1, 0.15) is 0 Å². The van der Waals surface area contributed by atoms with Crippen molar-refractivity contribution in [1.29, 1.82) is 0 Å². The number of hydrogen-bond acceptors (Lipinski definition) is 1. The first-order chi connectivity index (χ1) is 13.0. The molecule has 0 aromatic heterocycles. The topological polar surface area (TPSA) is 9.23 Å². The summed E-state index contributed by atoms with van der Waals surface area (Å²) in [5.41, 5.74) is 0.257. The van der Waals surface area contributed by atoms with Crippen LogP contribution in [-0.2, 0) is 6.42 Å². The average molecular weight is 378 g/mol. The SMILES string of the molecule is CCCCC1CCC(COc2ccc3cc(CC)c(F)c(F)c3c2F)CC1. The molecule has 0 bridgehead atoms. The molecule has 0 heterocycles. The Hall–Kier alpha value is -1.71. The normalized spacial score (nSPS) is 20.2. The second-order valence-electron chi connectivity index (χ2n) is 7.83. The summed E-state index contributed by atoms with van der Waals surface area (Å²) in [5, 5.41) is 0.0532. The van der Waals surface area contributed by atoms with Crippen molar-refractivity contribution in [2.75, 3.05) is 6.61 Å². The van der Waals surface area contributed by atoms with Crippen LogP contribution >= 0.6 is 0 Å². The molecule has 0 aliphatic heterocycles. The molecule has 2 aromatic rings. The van der Waals surface area contributed by atoms with Gasteiger partial charge in [-0.05, 0) is 54.2 Å². The predicted octanol–water partition coefficient (Wildman–Crippen LogP) is 7.19. The molecular formula is C23H29F3O. The summed E-state index contributed by atoms with van der Waals surface area (Å²) in [5.74, 6) is -1.66. The maximum absolute atomic E-state index is 14.8. The molecule has 2 aromatic carbocycles. The third kappa shape index (κ3) is 4.41. The first-order valence-corrected chi connectivity index (χ1v) is 10.3. The molecular weight excluding hydrogens is 349 g/mol. The number of aryl methyl sites for hydroxylation is 1. The van der Waals surface area contributed by atoms with E-state index in [2.05, 4.69) is 6.92 Å². The van der Waals surface area contributed by atoms with E-state index in [1.54, 1.807) is 13.0 Å². The molecule has 4 heteroatoms. The molecule has 148 valence electrons. The Morgan fingerprint density at radius 2 is 1.63 bits per heavy atom. The average Bonchev–Trinajstić information content (AvgIpc) is 2.69. The highest BCUT2D eigenvalue weighted by atomic mass is 19.2. The highest BCUT2D eigenvalue weighted by molar-refractivity contribution is 5.86. The van der Waals surface area contributed by atoms with Crippen LogP contribution in [0.4, 0.5) is 13.2 Å². The highest BCUT2D eigenvalue weighted by Gasteiger charge is 2.23. The molecule has 1 fully saturated rings. The first kappa shape index (κ1) is 20.0. The molecule has 27 heavy (non-hydrogen) atoms. The molecule has 3 rings (SSSR count). The van der Waals surface area contributed by atoms with Crippen molar-refractivity contribution in [3.05, 3.63) is 41.2 Å². The van der Waals surface area contributed by atoms with Crippen LogP contribution in [0.2, 0.25) is 0 Å². The van der Waals surface area contributed by atoms with Gasteiger partial charge in [0.25, 0.3) is 0 Å². The molecule has 1 nitrogen and oxygen atoms in total. The van der Waals surface area contributed by atoms with Gasteiger partial charge in [0.05, 0.1) is 12.0 Å². The number of benzene rings is 2. The zero-order valence-corrected chi connectivity index (χ0v) is 16.3. The van der Waals surface area contributed by atoms with E-state index in [1.807, 2.05) is 0 Å². The number of ether oxygens (including phenoxy) is 1. The van der Waals surface area contributed by atoms with Gasteiger partial charge >= 0.3 is 0 Å². The smallest absolute Gasteiger partial charge is 0.175 e. The van der Waals surface area contributed by atoms with Crippen LogP contribution in [0, 0.1) is 29.3 Å². The Kier molecular flexibility index (Phi) is 6.67. The Morgan fingerprint density at radius 1 is 0.926 bits per heavy atom. The lowest BCUT2D eigenvalue weighted by atomic mass is 9.80. The zero-order chi connectivity index (χ0) is 19.4. The van der Waals surface area contributed by atoms with Gasteiger partial charge in [0.2, 0.25) is 0 Å². The molecule has 0 atom stereocenters. The fourth-order valence-corrected chi connectivity index (χ4v) is 4.17. The minimum absolute atomic E-state index is 0.0122. The molecule has 0 radical (unpaired) electrons. The van der Waals surface area contributed by atoms with Crippen molar-refractivity contribution in [3.63, 3.8) is 0 Å². The Bertz CT molecular complexity index is 779. The van der Waals surface area contributed by atoms with Crippen LogP contribution in [0.3, 0.4) is 0 Å². The summed E-state index contributed by atoms with van der Waals surface area (Å²) in [6.45, 7) is 4.39. The summed E-state index contributed by atoms with van der Waals surface area (Å²) in [4.78, 5) is 0. The standard InChI is InChI=1S/C23H29F3O/c1-3-5-6-15-7-9-16(10-8-15)14-27-19-12-11-18-13-17(4-2)21(24)23(26)20(18)22(19)25/h11-13,15-16H,3-10,14H2,1-2H3. The van der Waals surface area contributed by atoms with Gasteiger partial charge in [-0.25, -0.2) is 13.2 Å². The van der Waals surface area contributed by atoms with Gasteiger partial charge in [-0.15, -0.1) is 0 Å². The fraction of sp³-hybridized carbons (Fsp3) is 0.565. The van der Waals surface area contributed by atoms with Crippen LogP contribution in [0.25, 0.3) is 10.8 Å². The van der Waals surface area contributed by atoms with Crippen molar-refractivity contribution in [2.24, 2.45) is 11.8 Å². The lowest BCUT2D eigenvalue weighted by Gasteiger charge is -2.28. The summed E-state index contributed by atoms with van der Waals surface area (Å²) >= 11 is 0. The summed E-state index contributed by atoms with van der Waals surface area (Å²) in [6, 6.07) is 4.65. The van der Waals surface area contributed by atoms with E-state index < -0.39 is 17.5 Å². The van der Waals surface area contributed by atoms with Gasteiger partial charge in [-0.1, -0.05) is 52.0 Å². The van der Waals surface area contributed by atoms with E-state index in [1.165, 1.54) is 44.2 Å². The van der Waals surface area contributed by atoms with Crippen molar-refractivity contribution < 1.29 is 17.9 Å². The lowest BCUT2D eigenvalue weighted by molar-refractivity contribution is 0.174. The Morgan fingerprint density at radius 3 is 2.30 bits per heavy atom. The van der Waals surface area contributed by atoms with E-state index >= 15 is 0 Å². The van der Waals surface area contributed by atoms with Crippen LogP contribution in [0.15, 0.2) is 18.2 Å². The third-order valence-electron chi connectivity index (χ3n) is 5.95. The zero-order valence-electron chi connectivity index (χ0n) is 16.3. The van der Waals surface area contributed by atoms with Gasteiger partial charge in [-0.2, -0.15) is 0 Å². The molecule has 0 spiro atoms. The van der Waals surface area contributed by atoms with E-state index in [4.69, 9.17) is 4.74 Å². The lowest BCUT2D eigenvalue weighted by Crippen LogP contribution is -2.20. The second kappa shape index (κ2) is 8.99. The minimum atomic E-state index is -1.12. The van der Waals surface area contributed by atoms with Gasteiger partial charge in [0.15, 0.2) is 23.2 Å². The number of hydrogen-bond donors (Lipinski definition) is 0. The van der Waals surface area contributed by atoms with Crippen LogP contribution in [0.1, 0.15) is 64.4 Å². The summed E-state index contributed by atoms with van der Waals surface area (Å²) < 4.78 is 48.9. The number of rotatable bonds is 7.